The molecule has 0 radical (unpaired) electrons. The molecule has 0 saturated carbocycles. The van der Waals surface area contributed by atoms with Crippen molar-refractivity contribution in [3.05, 3.63) is 120 Å². The monoisotopic (exact) mass is 756 g/mol. The van der Waals surface area contributed by atoms with Crippen LogP contribution in [-0.2, 0) is 22.8 Å². The van der Waals surface area contributed by atoms with Crippen molar-refractivity contribution >= 4 is 75.4 Å². The second-order valence-electron chi connectivity index (χ2n) is 10.2. The van der Waals surface area contributed by atoms with Crippen LogP contribution in [0.3, 0.4) is 0 Å². The summed E-state index contributed by atoms with van der Waals surface area (Å²) >= 11 is 14.3. The standard InChI is InChI=1S/C34H27Cl2IN2O6/c1-19-4-5-21(12-20(19)2)17-45-31-29(37)14-22(15-30(31)43-3)13-27-32(40)38-34(42)39(33(27)41)25-8-10-26(11-9-25)44-18-23-6-7-24(35)16-28(23)36/h4-16H,17-18H2,1-3H3,(H,38,40,42)/b27-13+. The number of methoxy groups -OCH3 is 1. The Kier molecular flexibility index (Phi) is 10.0. The number of benzene rings is 4. The molecule has 0 unspecified atom stereocenters. The SMILES string of the molecule is COc1cc(/C=C2\C(=O)NC(=O)N(c3ccc(OCc4ccc(Cl)cc4Cl)cc3)C2=O)cc(I)c1OCc1ccc(C)c(C)c1. The lowest BCUT2D eigenvalue weighted by Gasteiger charge is -2.26. The van der Waals surface area contributed by atoms with E-state index in [1.54, 1.807) is 54.6 Å². The van der Waals surface area contributed by atoms with Crippen LogP contribution >= 0.6 is 45.8 Å². The number of ether oxygens (including phenoxy) is 3. The first-order chi connectivity index (χ1) is 21.5. The van der Waals surface area contributed by atoms with Gasteiger partial charge in [0.2, 0.25) is 0 Å². The number of hydrogen-bond donors (Lipinski definition) is 1. The fourth-order valence-electron chi connectivity index (χ4n) is 4.56. The Morgan fingerprint density at radius 1 is 0.867 bits per heavy atom. The van der Waals surface area contributed by atoms with Crippen molar-refractivity contribution in [2.45, 2.75) is 27.1 Å². The van der Waals surface area contributed by atoms with Gasteiger partial charge in [0.05, 0.1) is 16.4 Å². The molecule has 1 aliphatic rings. The maximum atomic E-state index is 13.5. The maximum Gasteiger partial charge on any atom is 0.335 e. The fraction of sp³-hybridized carbons (Fsp3) is 0.147. The number of barbiturate groups is 1. The van der Waals surface area contributed by atoms with Crippen LogP contribution in [0, 0.1) is 17.4 Å². The van der Waals surface area contributed by atoms with Crippen molar-refractivity contribution in [1.82, 2.24) is 5.32 Å². The Hall–Kier alpha value is -4.06. The zero-order valence-electron chi connectivity index (χ0n) is 24.5. The lowest BCUT2D eigenvalue weighted by Crippen LogP contribution is -2.54. The molecule has 0 aromatic heterocycles. The van der Waals surface area contributed by atoms with Crippen LogP contribution < -0.4 is 24.4 Å². The summed E-state index contributed by atoms with van der Waals surface area (Å²) in [7, 11) is 1.52. The Bertz CT molecular complexity index is 1840. The van der Waals surface area contributed by atoms with E-state index in [4.69, 9.17) is 37.4 Å². The van der Waals surface area contributed by atoms with E-state index in [0.717, 1.165) is 19.6 Å². The van der Waals surface area contributed by atoms with Gasteiger partial charge < -0.3 is 14.2 Å². The number of urea groups is 1. The molecule has 1 N–H and O–H groups in total. The molecular formula is C34H27Cl2IN2O6. The molecule has 1 saturated heterocycles. The first kappa shape index (κ1) is 32.3. The van der Waals surface area contributed by atoms with Crippen molar-refractivity contribution in [2.24, 2.45) is 0 Å². The second-order valence-corrected chi connectivity index (χ2v) is 12.2. The van der Waals surface area contributed by atoms with E-state index in [-0.39, 0.29) is 17.9 Å². The van der Waals surface area contributed by atoms with E-state index >= 15 is 0 Å². The van der Waals surface area contributed by atoms with Gasteiger partial charge >= 0.3 is 6.03 Å². The molecular weight excluding hydrogens is 730 g/mol. The van der Waals surface area contributed by atoms with Gasteiger partial charge in [0.25, 0.3) is 11.8 Å². The smallest absolute Gasteiger partial charge is 0.335 e. The topological polar surface area (TPSA) is 94.2 Å². The van der Waals surface area contributed by atoms with Gasteiger partial charge in [-0.15, -0.1) is 0 Å². The molecule has 11 heteroatoms. The normalized spacial score (nSPS) is 14.0. The lowest BCUT2D eigenvalue weighted by atomic mass is 10.1. The molecule has 4 aromatic carbocycles. The molecule has 4 aromatic rings. The largest absolute Gasteiger partial charge is 0.493 e. The number of imide groups is 2. The fourth-order valence-corrected chi connectivity index (χ4v) is 5.81. The number of amides is 4. The molecule has 8 nitrogen and oxygen atoms in total. The van der Waals surface area contributed by atoms with Gasteiger partial charge in [-0.25, -0.2) is 9.69 Å². The summed E-state index contributed by atoms with van der Waals surface area (Å²) in [5, 5.41) is 3.25. The number of carbonyl (C=O) groups is 3. The van der Waals surface area contributed by atoms with Crippen LogP contribution in [0.2, 0.25) is 10.0 Å². The summed E-state index contributed by atoms with van der Waals surface area (Å²) in [5.74, 6) is -0.109. The van der Waals surface area contributed by atoms with Crippen LogP contribution in [0.1, 0.15) is 27.8 Å². The minimum absolute atomic E-state index is 0.192. The molecule has 0 atom stereocenters. The number of nitrogens with zero attached hydrogens (tertiary/aromatic N) is 1. The molecule has 1 fully saturated rings. The number of rotatable bonds is 9. The van der Waals surface area contributed by atoms with Crippen molar-refractivity contribution in [2.75, 3.05) is 12.0 Å². The Morgan fingerprint density at radius 2 is 1.62 bits per heavy atom. The number of hydrogen-bond acceptors (Lipinski definition) is 6. The third-order valence-electron chi connectivity index (χ3n) is 7.12. The van der Waals surface area contributed by atoms with Gasteiger partial charge in [-0.05, 0) is 113 Å². The molecule has 230 valence electrons. The minimum Gasteiger partial charge on any atom is -0.493 e. The van der Waals surface area contributed by atoms with E-state index in [1.807, 2.05) is 19.1 Å². The third kappa shape index (κ3) is 7.43. The highest BCUT2D eigenvalue weighted by atomic mass is 127. The molecule has 0 aliphatic carbocycles. The predicted octanol–water partition coefficient (Wildman–Crippen LogP) is 8.05. The molecule has 0 bridgehead atoms. The summed E-state index contributed by atoms with van der Waals surface area (Å²) in [6, 6.07) is 20.2. The lowest BCUT2D eigenvalue weighted by molar-refractivity contribution is -0.122. The first-order valence-corrected chi connectivity index (χ1v) is 15.5. The van der Waals surface area contributed by atoms with Crippen molar-refractivity contribution < 1.29 is 28.6 Å². The van der Waals surface area contributed by atoms with Crippen LogP contribution in [0.5, 0.6) is 17.2 Å². The van der Waals surface area contributed by atoms with Crippen molar-refractivity contribution in [3.8, 4) is 17.2 Å². The van der Waals surface area contributed by atoms with E-state index in [1.165, 1.54) is 24.3 Å². The number of aryl methyl sites for hydroxylation is 2. The van der Waals surface area contributed by atoms with Gasteiger partial charge in [0.1, 0.15) is 24.5 Å². The first-order valence-electron chi connectivity index (χ1n) is 13.7. The molecule has 5 rings (SSSR count). The summed E-state index contributed by atoms with van der Waals surface area (Å²) in [6.07, 6.45) is 1.42. The molecule has 0 spiro atoms. The quantitative estimate of drug-likeness (QED) is 0.106. The van der Waals surface area contributed by atoms with Gasteiger partial charge in [0, 0.05) is 15.6 Å². The molecule has 1 heterocycles. The number of anilines is 1. The van der Waals surface area contributed by atoms with E-state index in [0.29, 0.717) is 39.5 Å². The maximum absolute atomic E-state index is 13.5. The zero-order chi connectivity index (χ0) is 32.2. The Balaban J connectivity index is 1.33. The average molecular weight is 757 g/mol. The van der Waals surface area contributed by atoms with Crippen LogP contribution in [-0.4, -0.2) is 25.0 Å². The van der Waals surface area contributed by atoms with E-state index < -0.39 is 17.8 Å². The number of nitrogens with one attached hydrogen (secondary N) is 1. The van der Waals surface area contributed by atoms with Crippen LogP contribution in [0.4, 0.5) is 10.5 Å². The zero-order valence-corrected chi connectivity index (χ0v) is 28.1. The molecule has 4 amide bonds. The predicted molar refractivity (Wildman–Crippen MR) is 182 cm³/mol. The third-order valence-corrected chi connectivity index (χ3v) is 8.51. The molecule has 1 aliphatic heterocycles. The van der Waals surface area contributed by atoms with Gasteiger partial charge in [0.15, 0.2) is 11.5 Å². The van der Waals surface area contributed by atoms with Gasteiger partial charge in [-0.2, -0.15) is 0 Å². The minimum atomic E-state index is -0.856. The second kappa shape index (κ2) is 13.9. The van der Waals surface area contributed by atoms with E-state index in [9.17, 15) is 14.4 Å². The summed E-state index contributed by atoms with van der Waals surface area (Å²) < 4.78 is 18.2. The summed E-state index contributed by atoms with van der Waals surface area (Å²) in [4.78, 5) is 39.9. The number of carbonyl (C=O) groups excluding carboxylic acids is 3. The highest BCUT2D eigenvalue weighted by Gasteiger charge is 2.37. The van der Waals surface area contributed by atoms with E-state index in [2.05, 4.69) is 40.9 Å². The average Bonchev–Trinajstić information content (AvgIpc) is 3.00. The highest BCUT2D eigenvalue weighted by molar-refractivity contribution is 14.1. The van der Waals surface area contributed by atoms with Gasteiger partial charge in [-0.1, -0.05) is 47.5 Å². The number of halogens is 3. The van der Waals surface area contributed by atoms with Gasteiger partial charge in [-0.3, -0.25) is 14.9 Å². The highest BCUT2D eigenvalue weighted by Crippen LogP contribution is 2.36. The van der Waals surface area contributed by atoms with Crippen LogP contribution in [0.15, 0.2) is 78.4 Å². The van der Waals surface area contributed by atoms with Crippen molar-refractivity contribution in [3.63, 3.8) is 0 Å². The van der Waals surface area contributed by atoms with Crippen LogP contribution in [0.25, 0.3) is 6.08 Å². The Morgan fingerprint density at radius 3 is 2.31 bits per heavy atom. The summed E-state index contributed by atoms with van der Waals surface area (Å²) in [5.41, 5.74) is 4.70. The summed E-state index contributed by atoms with van der Waals surface area (Å²) in [6.45, 7) is 4.63. The van der Waals surface area contributed by atoms with Crippen molar-refractivity contribution in [1.29, 1.82) is 0 Å². The molecule has 45 heavy (non-hydrogen) atoms. The Labute approximate surface area is 284 Å².